The third-order valence-electron chi connectivity index (χ3n) is 3.22. The van der Waals surface area contributed by atoms with Crippen LogP contribution < -0.4 is 5.32 Å². The second kappa shape index (κ2) is 4.35. The summed E-state index contributed by atoms with van der Waals surface area (Å²) < 4.78 is 4.89. The third kappa shape index (κ3) is 2.03. The van der Waals surface area contributed by atoms with Crippen molar-refractivity contribution in [1.29, 1.82) is 0 Å². The molecule has 96 valence electrons. The Labute approximate surface area is 109 Å². The van der Waals surface area contributed by atoms with Crippen molar-refractivity contribution in [2.45, 2.75) is 19.3 Å². The average molecular weight is 256 g/mol. The Morgan fingerprint density at radius 1 is 1.42 bits per heavy atom. The number of nitrogens with zero attached hydrogens (tertiary/aromatic N) is 1. The Kier molecular flexibility index (Phi) is 2.67. The number of amides is 1. The number of hydrogen-bond acceptors (Lipinski definition) is 4. The number of fused-ring (bicyclic) bond motifs is 1. The molecule has 1 atom stereocenters. The number of benzene rings is 1. The second-order valence-corrected chi connectivity index (χ2v) is 4.58. The highest BCUT2D eigenvalue weighted by Crippen LogP contribution is 2.33. The van der Waals surface area contributed by atoms with Gasteiger partial charge in [0, 0.05) is 18.1 Å². The number of carbonyl (C=O) groups excluding carboxylic acids is 2. The molecule has 1 N–H and O–H groups in total. The van der Waals surface area contributed by atoms with Gasteiger partial charge in [-0.25, -0.2) is 0 Å². The molecule has 0 fully saturated rings. The summed E-state index contributed by atoms with van der Waals surface area (Å²) in [4.78, 5) is 24.0. The van der Waals surface area contributed by atoms with E-state index in [2.05, 4.69) is 10.5 Å². The van der Waals surface area contributed by atoms with Crippen LogP contribution in [-0.4, -0.2) is 16.8 Å². The molecular weight excluding hydrogens is 244 g/mol. The Balaban J connectivity index is 1.84. The van der Waals surface area contributed by atoms with Gasteiger partial charge in [0.1, 0.15) is 5.76 Å². The summed E-state index contributed by atoms with van der Waals surface area (Å²) in [5.41, 5.74) is 1.42. The predicted molar refractivity (Wildman–Crippen MR) is 68.0 cm³/mol. The summed E-state index contributed by atoms with van der Waals surface area (Å²) in [7, 11) is 0. The van der Waals surface area contributed by atoms with Gasteiger partial charge in [-0.15, -0.1) is 0 Å². The van der Waals surface area contributed by atoms with Crippen LogP contribution in [0.4, 0.5) is 5.82 Å². The van der Waals surface area contributed by atoms with E-state index >= 15 is 0 Å². The fourth-order valence-electron chi connectivity index (χ4n) is 2.33. The smallest absolute Gasteiger partial charge is 0.233 e. The van der Waals surface area contributed by atoms with Crippen LogP contribution in [0.15, 0.2) is 34.9 Å². The summed E-state index contributed by atoms with van der Waals surface area (Å²) in [6, 6.07) is 8.85. The second-order valence-electron chi connectivity index (χ2n) is 4.58. The Hall–Kier alpha value is -2.43. The number of carbonyl (C=O) groups is 2. The monoisotopic (exact) mass is 256 g/mol. The van der Waals surface area contributed by atoms with Crippen molar-refractivity contribution in [3.8, 4) is 0 Å². The van der Waals surface area contributed by atoms with Gasteiger partial charge in [0.2, 0.25) is 5.91 Å². The summed E-state index contributed by atoms with van der Waals surface area (Å²) >= 11 is 0. The lowest BCUT2D eigenvalue weighted by Crippen LogP contribution is -2.19. The Morgan fingerprint density at radius 3 is 2.95 bits per heavy atom. The Morgan fingerprint density at radius 2 is 2.21 bits per heavy atom. The quantitative estimate of drug-likeness (QED) is 0.894. The normalized spacial score (nSPS) is 17.3. The zero-order valence-electron chi connectivity index (χ0n) is 10.3. The van der Waals surface area contributed by atoms with Crippen molar-refractivity contribution in [1.82, 2.24) is 5.16 Å². The Bertz CT molecular complexity index is 660. The average Bonchev–Trinajstić information content (AvgIpc) is 2.95. The van der Waals surface area contributed by atoms with E-state index in [1.54, 1.807) is 25.1 Å². The van der Waals surface area contributed by atoms with Crippen LogP contribution in [0.2, 0.25) is 0 Å². The number of Topliss-reactive ketones (excluding diaryl/α,β-unsaturated/α-hetero) is 1. The fourth-order valence-corrected chi connectivity index (χ4v) is 2.33. The largest absolute Gasteiger partial charge is 0.360 e. The van der Waals surface area contributed by atoms with Crippen molar-refractivity contribution >= 4 is 17.5 Å². The van der Waals surface area contributed by atoms with Crippen LogP contribution in [0.3, 0.4) is 0 Å². The maximum atomic E-state index is 12.2. The van der Waals surface area contributed by atoms with E-state index in [9.17, 15) is 9.59 Å². The molecule has 1 aromatic carbocycles. The first-order valence-electron chi connectivity index (χ1n) is 6.01. The molecule has 0 saturated carbocycles. The summed E-state index contributed by atoms with van der Waals surface area (Å²) in [5.74, 6) is 0.330. The minimum atomic E-state index is -0.444. The van der Waals surface area contributed by atoms with Crippen LogP contribution >= 0.6 is 0 Å². The fraction of sp³-hybridized carbons (Fsp3) is 0.214. The molecule has 0 aliphatic heterocycles. The van der Waals surface area contributed by atoms with Crippen LogP contribution in [0.5, 0.6) is 0 Å². The minimum absolute atomic E-state index is 0.00656. The first-order chi connectivity index (χ1) is 9.15. The molecule has 1 aliphatic rings. The third-order valence-corrected chi connectivity index (χ3v) is 3.22. The van der Waals surface area contributed by atoms with Gasteiger partial charge < -0.3 is 9.84 Å². The number of ketones is 1. The molecule has 1 aromatic heterocycles. The molecule has 0 radical (unpaired) electrons. The van der Waals surface area contributed by atoms with E-state index in [0.717, 1.165) is 5.56 Å². The minimum Gasteiger partial charge on any atom is -0.360 e. The number of aromatic nitrogens is 1. The van der Waals surface area contributed by atoms with Gasteiger partial charge in [-0.2, -0.15) is 0 Å². The SMILES string of the molecule is Cc1cc(NC(=O)C2CC(=O)c3ccccc32)no1. The van der Waals surface area contributed by atoms with Gasteiger partial charge in [-0.05, 0) is 12.5 Å². The highest BCUT2D eigenvalue weighted by Gasteiger charge is 2.34. The molecule has 0 spiro atoms. The highest BCUT2D eigenvalue weighted by molar-refractivity contribution is 6.09. The lowest BCUT2D eigenvalue weighted by molar-refractivity contribution is -0.117. The van der Waals surface area contributed by atoms with Gasteiger partial charge in [0.25, 0.3) is 0 Å². The molecule has 5 heteroatoms. The maximum Gasteiger partial charge on any atom is 0.233 e. The number of rotatable bonds is 2. The van der Waals surface area contributed by atoms with E-state index in [-0.39, 0.29) is 18.1 Å². The first-order valence-corrected chi connectivity index (χ1v) is 6.01. The van der Waals surface area contributed by atoms with E-state index in [4.69, 9.17) is 4.52 Å². The van der Waals surface area contributed by atoms with Gasteiger partial charge in [0.05, 0.1) is 5.92 Å². The number of nitrogens with one attached hydrogen (secondary N) is 1. The number of hydrogen-bond donors (Lipinski definition) is 1. The summed E-state index contributed by atoms with van der Waals surface area (Å²) in [5, 5.41) is 6.38. The lowest BCUT2D eigenvalue weighted by Gasteiger charge is -2.09. The zero-order chi connectivity index (χ0) is 13.4. The van der Waals surface area contributed by atoms with Gasteiger partial charge in [-0.1, -0.05) is 29.4 Å². The predicted octanol–water partition coefficient (Wildman–Crippen LogP) is 2.29. The molecule has 1 unspecified atom stereocenters. The van der Waals surface area contributed by atoms with Crippen LogP contribution in [-0.2, 0) is 4.79 Å². The van der Waals surface area contributed by atoms with Crippen molar-refractivity contribution in [3.05, 3.63) is 47.2 Å². The van der Waals surface area contributed by atoms with Gasteiger partial charge in [-0.3, -0.25) is 9.59 Å². The summed E-state index contributed by atoms with van der Waals surface area (Å²) in [6.45, 7) is 1.75. The summed E-state index contributed by atoms with van der Waals surface area (Å²) in [6.07, 6.45) is 0.210. The van der Waals surface area contributed by atoms with Gasteiger partial charge in [0.15, 0.2) is 11.6 Å². The highest BCUT2D eigenvalue weighted by atomic mass is 16.5. The molecular formula is C14H12N2O3. The van der Waals surface area contributed by atoms with E-state index in [1.807, 2.05) is 12.1 Å². The molecule has 1 heterocycles. The van der Waals surface area contributed by atoms with Crippen LogP contribution in [0.1, 0.15) is 34.0 Å². The van der Waals surface area contributed by atoms with Gasteiger partial charge >= 0.3 is 0 Å². The van der Waals surface area contributed by atoms with E-state index < -0.39 is 5.92 Å². The molecule has 19 heavy (non-hydrogen) atoms. The van der Waals surface area contributed by atoms with Crippen molar-refractivity contribution in [2.75, 3.05) is 5.32 Å². The molecule has 3 rings (SSSR count). The standard InChI is InChI=1S/C14H12N2O3/c1-8-6-13(16-19-8)15-14(18)11-7-12(17)10-5-3-2-4-9(10)11/h2-6,11H,7H2,1H3,(H,15,16,18). The molecule has 1 aliphatic carbocycles. The number of anilines is 1. The molecule has 0 bridgehead atoms. The van der Waals surface area contributed by atoms with Crippen molar-refractivity contribution in [3.63, 3.8) is 0 Å². The van der Waals surface area contributed by atoms with Crippen molar-refractivity contribution < 1.29 is 14.1 Å². The molecule has 2 aromatic rings. The topological polar surface area (TPSA) is 72.2 Å². The van der Waals surface area contributed by atoms with Crippen molar-refractivity contribution in [2.24, 2.45) is 0 Å². The molecule has 1 amide bonds. The zero-order valence-corrected chi connectivity index (χ0v) is 10.3. The molecule has 5 nitrogen and oxygen atoms in total. The van der Waals surface area contributed by atoms with Crippen LogP contribution in [0, 0.1) is 6.92 Å². The first kappa shape index (κ1) is 11.6. The lowest BCUT2D eigenvalue weighted by atomic mass is 10.0. The number of aryl methyl sites for hydroxylation is 1. The van der Waals surface area contributed by atoms with Crippen LogP contribution in [0.25, 0.3) is 0 Å². The van der Waals surface area contributed by atoms with E-state index in [1.165, 1.54) is 0 Å². The van der Waals surface area contributed by atoms with E-state index in [0.29, 0.717) is 17.1 Å². The maximum absolute atomic E-state index is 12.2. The molecule has 0 saturated heterocycles.